The van der Waals surface area contributed by atoms with Gasteiger partial charge in [0.15, 0.2) is 0 Å². The minimum atomic E-state index is -1.15. The molecule has 2 amide bonds. The first-order valence-electron chi connectivity index (χ1n) is 14.0. The summed E-state index contributed by atoms with van der Waals surface area (Å²) in [6.07, 6.45) is 4.77. The third-order valence-electron chi connectivity index (χ3n) is 6.90. The predicted molar refractivity (Wildman–Crippen MR) is 153 cm³/mol. The summed E-state index contributed by atoms with van der Waals surface area (Å²) >= 11 is 0. The zero-order valence-electron chi connectivity index (χ0n) is 24.4. The minimum Gasteiger partial charge on any atom is -0.491 e. The van der Waals surface area contributed by atoms with Crippen molar-refractivity contribution in [3.8, 4) is 17.0 Å². The first kappa shape index (κ1) is 31.7. The van der Waals surface area contributed by atoms with E-state index in [1.807, 2.05) is 0 Å². The van der Waals surface area contributed by atoms with Crippen LogP contribution in [-0.2, 0) is 4.74 Å². The number of aliphatic hydroxyl groups excluding tert-OH is 1. The number of carbonyl (C=O) groups excluding carboxylic acids is 2. The van der Waals surface area contributed by atoms with E-state index in [-0.39, 0.29) is 42.5 Å². The molecule has 0 unspecified atom stereocenters. The van der Waals surface area contributed by atoms with Gasteiger partial charge in [0.1, 0.15) is 46.8 Å². The maximum atomic E-state index is 14.8. The predicted octanol–water partition coefficient (Wildman–Crippen LogP) is 5.98. The van der Waals surface area contributed by atoms with E-state index in [9.17, 15) is 22.8 Å². The highest BCUT2D eigenvalue weighted by molar-refractivity contribution is 6.03. The minimum absolute atomic E-state index is 0.0338. The van der Waals surface area contributed by atoms with Crippen molar-refractivity contribution in [3.05, 3.63) is 71.4 Å². The summed E-state index contributed by atoms with van der Waals surface area (Å²) in [5, 5.41) is 14.6. The van der Waals surface area contributed by atoms with Crippen molar-refractivity contribution < 1.29 is 37.3 Å². The number of benzene rings is 1. The van der Waals surface area contributed by atoms with Crippen molar-refractivity contribution in [2.24, 2.45) is 5.92 Å². The number of rotatable bonds is 8. The summed E-state index contributed by atoms with van der Waals surface area (Å²) < 4.78 is 54.8. The van der Waals surface area contributed by atoms with Crippen molar-refractivity contribution >= 4 is 17.7 Å². The quantitative estimate of drug-likeness (QED) is 0.291. The number of ether oxygens (including phenoxy) is 2. The van der Waals surface area contributed by atoms with Crippen LogP contribution in [-0.4, -0.2) is 51.9 Å². The standard InChI is InChI=1S/C31H35F3N4O5/c1-17-11-18(13-19(12-17)36-30(41)43-31(2,3)4)21-7-8-35-16-26(21)38-29(40)25-6-5-22(32)28(37-25)27-23(33)14-20(15-24(27)34)42-10-9-39/h5-8,14-19,39H,9-13H2,1-4H3,(H,36,41)(H,38,40)/t17-,18+,19-/m0/s1. The van der Waals surface area contributed by atoms with Gasteiger partial charge in [-0.2, -0.15) is 0 Å². The molecule has 1 aromatic carbocycles. The van der Waals surface area contributed by atoms with Gasteiger partial charge in [0.25, 0.3) is 5.91 Å². The average Bonchev–Trinajstić information content (AvgIpc) is 2.91. The average molecular weight is 601 g/mol. The second-order valence-corrected chi connectivity index (χ2v) is 11.6. The number of pyridine rings is 2. The normalized spacial score (nSPS) is 18.6. The summed E-state index contributed by atoms with van der Waals surface area (Å²) in [6.45, 7) is 6.92. The van der Waals surface area contributed by atoms with Gasteiger partial charge in [-0.05, 0) is 75.6 Å². The van der Waals surface area contributed by atoms with Gasteiger partial charge in [-0.3, -0.25) is 9.78 Å². The van der Waals surface area contributed by atoms with E-state index >= 15 is 0 Å². The Morgan fingerprint density at radius 1 is 1.05 bits per heavy atom. The molecule has 4 rings (SSSR count). The molecule has 3 atom stereocenters. The van der Waals surface area contributed by atoms with Crippen LogP contribution in [0.25, 0.3) is 11.3 Å². The van der Waals surface area contributed by atoms with Crippen LogP contribution in [0, 0.1) is 23.4 Å². The Balaban J connectivity index is 1.55. The number of amides is 2. The molecule has 230 valence electrons. The largest absolute Gasteiger partial charge is 0.491 e. The van der Waals surface area contributed by atoms with Crippen LogP contribution in [0.1, 0.15) is 68.9 Å². The fourth-order valence-electron chi connectivity index (χ4n) is 5.27. The fourth-order valence-corrected chi connectivity index (χ4v) is 5.27. The fraction of sp³-hybridized carbons (Fsp3) is 0.419. The maximum Gasteiger partial charge on any atom is 0.407 e. The number of nitrogens with one attached hydrogen (secondary N) is 2. The first-order valence-corrected chi connectivity index (χ1v) is 14.0. The lowest BCUT2D eigenvalue weighted by molar-refractivity contribution is 0.0482. The molecule has 1 fully saturated rings. The van der Waals surface area contributed by atoms with E-state index < -0.39 is 46.3 Å². The molecule has 3 aromatic rings. The van der Waals surface area contributed by atoms with Gasteiger partial charge >= 0.3 is 6.09 Å². The lowest BCUT2D eigenvalue weighted by Crippen LogP contribution is -2.42. The SMILES string of the molecule is C[C@@H]1C[C@H](NC(=O)OC(C)(C)C)C[C@H](c2ccncc2NC(=O)c2ccc(F)c(-c3c(F)cc(OCCO)cc3F)n2)C1. The highest BCUT2D eigenvalue weighted by atomic mass is 19.1. The molecule has 3 N–H and O–H groups in total. The lowest BCUT2D eigenvalue weighted by atomic mass is 9.76. The molecule has 0 aliphatic heterocycles. The monoisotopic (exact) mass is 600 g/mol. The van der Waals surface area contributed by atoms with Crippen molar-refractivity contribution in [2.75, 3.05) is 18.5 Å². The van der Waals surface area contributed by atoms with E-state index in [1.165, 1.54) is 6.20 Å². The van der Waals surface area contributed by atoms with Gasteiger partial charge in [0, 0.05) is 24.4 Å². The second kappa shape index (κ2) is 13.4. The topological polar surface area (TPSA) is 123 Å². The zero-order valence-corrected chi connectivity index (χ0v) is 24.4. The lowest BCUT2D eigenvalue weighted by Gasteiger charge is -2.35. The number of aliphatic hydroxyl groups is 1. The molecule has 9 nitrogen and oxygen atoms in total. The van der Waals surface area contributed by atoms with Crippen molar-refractivity contribution in [1.82, 2.24) is 15.3 Å². The number of hydrogen-bond donors (Lipinski definition) is 3. The number of hydrogen-bond acceptors (Lipinski definition) is 7. The molecule has 0 saturated heterocycles. The maximum absolute atomic E-state index is 14.8. The molecule has 2 heterocycles. The van der Waals surface area contributed by atoms with E-state index in [0.29, 0.717) is 12.1 Å². The highest BCUT2D eigenvalue weighted by Gasteiger charge is 2.31. The van der Waals surface area contributed by atoms with Crippen LogP contribution in [0.3, 0.4) is 0 Å². The molecular weight excluding hydrogens is 565 g/mol. The third-order valence-corrected chi connectivity index (χ3v) is 6.90. The molecule has 1 aliphatic rings. The van der Waals surface area contributed by atoms with Gasteiger partial charge in [-0.15, -0.1) is 0 Å². The van der Waals surface area contributed by atoms with Gasteiger partial charge in [0.05, 0.1) is 24.1 Å². The van der Waals surface area contributed by atoms with Crippen LogP contribution in [0.15, 0.2) is 42.7 Å². The Morgan fingerprint density at radius 2 is 1.77 bits per heavy atom. The zero-order chi connectivity index (χ0) is 31.3. The number of anilines is 1. The Kier molecular flexibility index (Phi) is 9.90. The Bertz CT molecular complexity index is 1460. The van der Waals surface area contributed by atoms with Gasteiger partial charge < -0.3 is 25.2 Å². The number of halogens is 3. The molecule has 2 aromatic heterocycles. The molecule has 0 spiro atoms. The van der Waals surface area contributed by atoms with E-state index in [1.54, 1.807) is 33.0 Å². The summed E-state index contributed by atoms with van der Waals surface area (Å²) in [5.41, 5.74) is -1.14. The number of nitrogens with zero attached hydrogens (tertiary/aromatic N) is 2. The van der Waals surface area contributed by atoms with Crippen molar-refractivity contribution in [1.29, 1.82) is 0 Å². The molecule has 1 saturated carbocycles. The van der Waals surface area contributed by atoms with Crippen LogP contribution in [0.2, 0.25) is 0 Å². The van der Waals surface area contributed by atoms with Crippen molar-refractivity contribution in [3.63, 3.8) is 0 Å². The van der Waals surface area contributed by atoms with Gasteiger partial charge in [-0.1, -0.05) is 6.92 Å². The van der Waals surface area contributed by atoms with Crippen LogP contribution < -0.4 is 15.4 Å². The van der Waals surface area contributed by atoms with Gasteiger partial charge in [-0.25, -0.2) is 22.9 Å². The molecular formula is C31H35F3N4O5. The molecule has 1 aliphatic carbocycles. The summed E-state index contributed by atoms with van der Waals surface area (Å²) in [5.74, 6) is -4.01. The Labute approximate surface area is 247 Å². The van der Waals surface area contributed by atoms with Crippen LogP contribution in [0.5, 0.6) is 5.75 Å². The molecule has 0 bridgehead atoms. The van der Waals surface area contributed by atoms with Crippen LogP contribution >= 0.6 is 0 Å². The van der Waals surface area contributed by atoms with E-state index in [0.717, 1.165) is 42.7 Å². The Hall–Kier alpha value is -4.19. The third kappa shape index (κ3) is 8.22. The summed E-state index contributed by atoms with van der Waals surface area (Å²) in [7, 11) is 0. The summed E-state index contributed by atoms with van der Waals surface area (Å²) in [6, 6.07) is 5.36. The Morgan fingerprint density at radius 3 is 2.44 bits per heavy atom. The highest BCUT2D eigenvalue weighted by Crippen LogP contribution is 2.39. The van der Waals surface area contributed by atoms with Crippen LogP contribution in [0.4, 0.5) is 23.7 Å². The second-order valence-electron chi connectivity index (χ2n) is 11.6. The van der Waals surface area contributed by atoms with E-state index in [2.05, 4.69) is 27.5 Å². The van der Waals surface area contributed by atoms with Gasteiger partial charge in [0.2, 0.25) is 0 Å². The number of aromatic nitrogens is 2. The van der Waals surface area contributed by atoms with Crippen molar-refractivity contribution in [2.45, 2.75) is 64.5 Å². The first-order chi connectivity index (χ1) is 20.3. The number of carbonyl (C=O) groups is 2. The molecule has 0 radical (unpaired) electrons. The van der Waals surface area contributed by atoms with E-state index in [4.69, 9.17) is 14.6 Å². The molecule has 12 heteroatoms. The molecule has 43 heavy (non-hydrogen) atoms. The summed E-state index contributed by atoms with van der Waals surface area (Å²) in [4.78, 5) is 33.8. The smallest absolute Gasteiger partial charge is 0.407 e. The number of alkyl carbamates (subject to hydrolysis) is 1.